The van der Waals surface area contributed by atoms with E-state index in [0.717, 1.165) is 20.9 Å². The van der Waals surface area contributed by atoms with Gasteiger partial charge in [0.25, 0.3) is 0 Å². The van der Waals surface area contributed by atoms with Gasteiger partial charge in [0.2, 0.25) is 0 Å². The lowest BCUT2D eigenvalue weighted by atomic mass is 10.2. The van der Waals surface area contributed by atoms with Crippen LogP contribution in [-0.2, 0) is 0 Å². The first kappa shape index (κ1) is 8.78. The molecule has 13 heavy (non-hydrogen) atoms. The molecule has 0 radical (unpaired) electrons. The molecular formula is C9H6BrClN2. The molecule has 1 N–H and O–H groups in total. The maximum atomic E-state index is 5.77. The van der Waals surface area contributed by atoms with Gasteiger partial charge in [-0.1, -0.05) is 23.7 Å². The number of hydrogen-bond acceptors (Lipinski definition) is 1. The summed E-state index contributed by atoms with van der Waals surface area (Å²) in [5.41, 5.74) is 1.95. The monoisotopic (exact) mass is 256 g/mol. The number of hydrogen-bond donors (Lipinski definition) is 1. The zero-order valence-electron chi connectivity index (χ0n) is 6.59. The highest BCUT2D eigenvalue weighted by Crippen LogP contribution is 2.21. The van der Waals surface area contributed by atoms with Gasteiger partial charge in [-0.15, -0.1) is 0 Å². The van der Waals surface area contributed by atoms with E-state index in [2.05, 4.69) is 26.1 Å². The van der Waals surface area contributed by atoms with Crippen LogP contribution in [0.25, 0.3) is 11.3 Å². The van der Waals surface area contributed by atoms with Crippen molar-refractivity contribution in [3.8, 4) is 11.3 Å². The molecule has 0 aliphatic carbocycles. The maximum Gasteiger partial charge on any atom is 0.101 e. The molecule has 1 heterocycles. The average Bonchev–Trinajstić information content (AvgIpc) is 2.53. The lowest BCUT2D eigenvalue weighted by molar-refractivity contribution is 1.07. The van der Waals surface area contributed by atoms with Crippen molar-refractivity contribution in [3.63, 3.8) is 0 Å². The minimum atomic E-state index is 0.735. The number of nitrogens with zero attached hydrogens (tertiary/aromatic N) is 1. The molecule has 1 aromatic carbocycles. The van der Waals surface area contributed by atoms with E-state index in [0.29, 0.717) is 0 Å². The molecule has 0 atom stereocenters. The highest BCUT2D eigenvalue weighted by molar-refractivity contribution is 9.10. The molecule has 2 rings (SSSR count). The molecule has 0 saturated heterocycles. The molecule has 0 unspecified atom stereocenters. The third-order valence-electron chi connectivity index (χ3n) is 1.69. The third-order valence-corrected chi connectivity index (χ3v) is 2.34. The Morgan fingerprint density at radius 2 is 1.92 bits per heavy atom. The second-order valence-electron chi connectivity index (χ2n) is 2.61. The minimum absolute atomic E-state index is 0.735. The molecule has 4 heteroatoms. The number of halogens is 2. The van der Waals surface area contributed by atoms with E-state index in [1.807, 2.05) is 30.3 Å². The number of rotatable bonds is 1. The van der Waals surface area contributed by atoms with Gasteiger partial charge in [0.15, 0.2) is 0 Å². The van der Waals surface area contributed by atoms with E-state index in [9.17, 15) is 0 Å². The molecule has 0 amide bonds. The van der Waals surface area contributed by atoms with Gasteiger partial charge in [-0.05, 0) is 34.1 Å². The van der Waals surface area contributed by atoms with Crippen molar-refractivity contribution >= 4 is 27.5 Å². The Kier molecular flexibility index (Phi) is 2.38. The summed E-state index contributed by atoms with van der Waals surface area (Å²) in [6, 6.07) is 9.48. The Morgan fingerprint density at radius 1 is 1.23 bits per heavy atom. The molecule has 0 aliphatic rings. The Balaban J connectivity index is 2.41. The van der Waals surface area contributed by atoms with Gasteiger partial charge in [0, 0.05) is 10.6 Å². The van der Waals surface area contributed by atoms with Gasteiger partial charge < -0.3 is 0 Å². The number of benzene rings is 1. The van der Waals surface area contributed by atoms with Crippen LogP contribution in [-0.4, -0.2) is 10.2 Å². The van der Waals surface area contributed by atoms with Crippen molar-refractivity contribution in [2.45, 2.75) is 0 Å². The molecule has 1 aromatic heterocycles. The van der Waals surface area contributed by atoms with Crippen molar-refractivity contribution in [2.75, 3.05) is 0 Å². The molecule has 2 nitrogen and oxygen atoms in total. The van der Waals surface area contributed by atoms with Gasteiger partial charge in [0.05, 0.1) is 5.69 Å². The molecule has 66 valence electrons. The quantitative estimate of drug-likeness (QED) is 0.832. The molecule has 0 saturated carbocycles. The van der Waals surface area contributed by atoms with Crippen LogP contribution in [0.4, 0.5) is 0 Å². The average molecular weight is 258 g/mol. The summed E-state index contributed by atoms with van der Waals surface area (Å²) in [5, 5.41) is 7.65. The number of aromatic nitrogens is 2. The van der Waals surface area contributed by atoms with Crippen LogP contribution in [0.15, 0.2) is 34.9 Å². The number of nitrogens with one attached hydrogen (secondary N) is 1. The van der Waals surface area contributed by atoms with Crippen molar-refractivity contribution in [3.05, 3.63) is 40.0 Å². The van der Waals surface area contributed by atoms with E-state index >= 15 is 0 Å². The van der Waals surface area contributed by atoms with Crippen molar-refractivity contribution in [2.24, 2.45) is 0 Å². The van der Waals surface area contributed by atoms with Crippen molar-refractivity contribution in [1.29, 1.82) is 0 Å². The fraction of sp³-hybridized carbons (Fsp3) is 0. The van der Waals surface area contributed by atoms with Crippen LogP contribution >= 0.6 is 27.5 Å². The fourth-order valence-electron chi connectivity index (χ4n) is 1.07. The Bertz CT molecular complexity index is 408. The molecule has 0 bridgehead atoms. The van der Waals surface area contributed by atoms with Gasteiger partial charge in [-0.25, -0.2) is 0 Å². The topological polar surface area (TPSA) is 28.7 Å². The summed E-state index contributed by atoms with van der Waals surface area (Å²) in [6.45, 7) is 0. The first-order valence-corrected chi connectivity index (χ1v) is 4.89. The molecule has 0 aliphatic heterocycles. The van der Waals surface area contributed by atoms with Crippen LogP contribution in [0, 0.1) is 0 Å². The van der Waals surface area contributed by atoms with Crippen LogP contribution in [0.2, 0.25) is 5.02 Å². The Hall–Kier alpha value is -0.800. The van der Waals surface area contributed by atoms with Crippen LogP contribution < -0.4 is 0 Å². The molecule has 0 fully saturated rings. The Labute approximate surface area is 89.1 Å². The summed E-state index contributed by atoms with van der Waals surface area (Å²) in [5.74, 6) is 0. The number of H-pyrrole nitrogens is 1. The lowest BCUT2D eigenvalue weighted by Crippen LogP contribution is -1.76. The van der Waals surface area contributed by atoms with Crippen molar-refractivity contribution < 1.29 is 0 Å². The van der Waals surface area contributed by atoms with E-state index in [4.69, 9.17) is 11.6 Å². The highest BCUT2D eigenvalue weighted by atomic mass is 79.9. The minimum Gasteiger partial charge on any atom is -0.271 e. The van der Waals surface area contributed by atoms with Gasteiger partial charge >= 0.3 is 0 Å². The third kappa shape index (κ3) is 1.92. The molecule has 0 spiro atoms. The smallest absolute Gasteiger partial charge is 0.101 e. The largest absolute Gasteiger partial charge is 0.271 e. The van der Waals surface area contributed by atoms with E-state index < -0.39 is 0 Å². The summed E-state index contributed by atoms with van der Waals surface area (Å²) >= 11 is 9.07. The Morgan fingerprint density at radius 3 is 2.46 bits per heavy atom. The summed E-state index contributed by atoms with van der Waals surface area (Å²) in [6.07, 6.45) is 0. The van der Waals surface area contributed by atoms with E-state index in [1.165, 1.54) is 0 Å². The predicted octanol–water partition coefficient (Wildman–Crippen LogP) is 3.49. The lowest BCUT2D eigenvalue weighted by Gasteiger charge is -1.94. The van der Waals surface area contributed by atoms with Gasteiger partial charge in [-0.2, -0.15) is 5.10 Å². The van der Waals surface area contributed by atoms with Crippen LogP contribution in [0.5, 0.6) is 0 Å². The van der Waals surface area contributed by atoms with Gasteiger partial charge in [-0.3, -0.25) is 5.10 Å². The maximum absolute atomic E-state index is 5.77. The standard InChI is InChI=1S/C9H6BrClN2/c10-9-5-8(12-13-9)6-1-3-7(11)4-2-6/h1-5H,(H,12,13). The summed E-state index contributed by atoms with van der Waals surface area (Å²) in [7, 11) is 0. The predicted molar refractivity (Wildman–Crippen MR) is 56.7 cm³/mol. The first-order chi connectivity index (χ1) is 6.25. The SMILES string of the molecule is Clc1ccc(-c2cc(Br)[nH]n2)cc1. The fourth-order valence-corrected chi connectivity index (χ4v) is 1.50. The molecular weight excluding hydrogens is 251 g/mol. The van der Waals surface area contributed by atoms with Crippen molar-refractivity contribution in [1.82, 2.24) is 10.2 Å². The summed E-state index contributed by atoms with van der Waals surface area (Å²) in [4.78, 5) is 0. The second kappa shape index (κ2) is 3.52. The van der Waals surface area contributed by atoms with E-state index in [1.54, 1.807) is 0 Å². The number of aromatic amines is 1. The highest BCUT2D eigenvalue weighted by Gasteiger charge is 2.00. The zero-order valence-corrected chi connectivity index (χ0v) is 8.93. The zero-order chi connectivity index (χ0) is 9.26. The normalized spacial score (nSPS) is 10.3. The first-order valence-electron chi connectivity index (χ1n) is 3.72. The summed E-state index contributed by atoms with van der Waals surface area (Å²) < 4.78 is 0.873. The van der Waals surface area contributed by atoms with Crippen LogP contribution in [0.1, 0.15) is 0 Å². The van der Waals surface area contributed by atoms with Crippen LogP contribution in [0.3, 0.4) is 0 Å². The van der Waals surface area contributed by atoms with E-state index in [-0.39, 0.29) is 0 Å². The molecule has 2 aromatic rings. The second-order valence-corrected chi connectivity index (χ2v) is 3.90. The van der Waals surface area contributed by atoms with Gasteiger partial charge in [0.1, 0.15) is 4.60 Å².